The highest BCUT2D eigenvalue weighted by Crippen LogP contribution is 2.24. The fourth-order valence-electron chi connectivity index (χ4n) is 1.52. The first-order valence-corrected chi connectivity index (χ1v) is 8.68. The second-order valence-corrected chi connectivity index (χ2v) is 6.88. The van der Waals surface area contributed by atoms with Gasteiger partial charge in [0.25, 0.3) is 0 Å². The van der Waals surface area contributed by atoms with Crippen molar-refractivity contribution >= 4 is 62.6 Å². The van der Waals surface area contributed by atoms with E-state index in [1.54, 1.807) is 24.4 Å². The van der Waals surface area contributed by atoms with E-state index in [1.165, 1.54) is 11.8 Å². The molecule has 0 aliphatic heterocycles. The van der Waals surface area contributed by atoms with Crippen LogP contribution in [0.5, 0.6) is 0 Å². The molecule has 0 saturated carbocycles. The van der Waals surface area contributed by atoms with Crippen molar-refractivity contribution in [3.8, 4) is 0 Å². The molecule has 110 valence electrons. The van der Waals surface area contributed by atoms with Crippen LogP contribution >= 0.6 is 50.9 Å². The lowest BCUT2D eigenvalue weighted by molar-refractivity contribution is -0.113. The van der Waals surface area contributed by atoms with Crippen molar-refractivity contribution in [1.29, 1.82) is 0 Å². The molecule has 0 spiro atoms. The summed E-state index contributed by atoms with van der Waals surface area (Å²) in [5, 5.41) is 3.95. The number of amides is 1. The maximum atomic E-state index is 11.8. The number of pyridine rings is 1. The Kier molecular flexibility index (Phi) is 6.36. The summed E-state index contributed by atoms with van der Waals surface area (Å²) in [5.74, 6) is 1.42. The summed E-state index contributed by atoms with van der Waals surface area (Å²) >= 11 is 16.7. The lowest BCUT2D eigenvalue weighted by Gasteiger charge is -2.06. The van der Waals surface area contributed by atoms with E-state index >= 15 is 0 Å². The highest BCUT2D eigenvalue weighted by molar-refractivity contribution is 9.10. The van der Waals surface area contributed by atoms with E-state index in [0.29, 0.717) is 27.4 Å². The van der Waals surface area contributed by atoms with Crippen molar-refractivity contribution in [2.45, 2.75) is 5.75 Å². The van der Waals surface area contributed by atoms with Gasteiger partial charge in [0.1, 0.15) is 5.82 Å². The molecular weight excluding hydrogens is 395 g/mol. The van der Waals surface area contributed by atoms with E-state index in [-0.39, 0.29) is 5.91 Å². The molecule has 0 atom stereocenters. The van der Waals surface area contributed by atoms with E-state index < -0.39 is 0 Å². The average Bonchev–Trinajstić information content (AvgIpc) is 2.44. The van der Waals surface area contributed by atoms with Crippen molar-refractivity contribution in [3.05, 3.63) is 56.6 Å². The highest BCUT2D eigenvalue weighted by atomic mass is 79.9. The van der Waals surface area contributed by atoms with Crippen LogP contribution in [0.25, 0.3) is 0 Å². The lowest BCUT2D eigenvalue weighted by Crippen LogP contribution is -2.15. The number of rotatable bonds is 5. The van der Waals surface area contributed by atoms with Gasteiger partial charge in [0, 0.05) is 26.5 Å². The van der Waals surface area contributed by atoms with Crippen LogP contribution < -0.4 is 5.32 Å². The Balaban J connectivity index is 1.80. The van der Waals surface area contributed by atoms with E-state index in [1.807, 2.05) is 12.1 Å². The van der Waals surface area contributed by atoms with Gasteiger partial charge in [0.15, 0.2) is 0 Å². The van der Waals surface area contributed by atoms with Crippen molar-refractivity contribution in [1.82, 2.24) is 4.98 Å². The molecule has 0 radical (unpaired) electrons. The number of carbonyl (C=O) groups excluding carboxylic acids is 1. The molecule has 0 saturated heterocycles. The molecule has 2 aromatic rings. The van der Waals surface area contributed by atoms with E-state index in [4.69, 9.17) is 23.2 Å². The monoisotopic (exact) mass is 404 g/mol. The van der Waals surface area contributed by atoms with Gasteiger partial charge in [-0.1, -0.05) is 29.3 Å². The molecule has 1 heterocycles. The normalized spacial score (nSPS) is 10.4. The Morgan fingerprint density at radius 2 is 2.10 bits per heavy atom. The number of hydrogen-bond donors (Lipinski definition) is 1. The van der Waals surface area contributed by atoms with E-state index in [9.17, 15) is 4.79 Å². The van der Waals surface area contributed by atoms with Crippen LogP contribution in [0, 0.1) is 0 Å². The fraction of sp³-hybridized carbons (Fsp3) is 0.143. The Morgan fingerprint density at radius 3 is 2.76 bits per heavy atom. The zero-order valence-corrected chi connectivity index (χ0v) is 14.7. The molecule has 1 aromatic carbocycles. The first-order valence-electron chi connectivity index (χ1n) is 5.97. The van der Waals surface area contributed by atoms with Gasteiger partial charge in [-0.15, -0.1) is 11.8 Å². The van der Waals surface area contributed by atoms with Crippen molar-refractivity contribution in [2.24, 2.45) is 0 Å². The SMILES string of the molecule is O=C(CSCc1ccc(Cl)cc1Cl)Nc1ccc(Br)cn1. The van der Waals surface area contributed by atoms with Gasteiger partial charge in [0.2, 0.25) is 5.91 Å². The third-order valence-electron chi connectivity index (χ3n) is 2.50. The number of benzene rings is 1. The third-order valence-corrected chi connectivity index (χ3v) is 4.54. The summed E-state index contributed by atoms with van der Waals surface area (Å²) in [4.78, 5) is 15.9. The van der Waals surface area contributed by atoms with Crippen LogP contribution in [0.3, 0.4) is 0 Å². The van der Waals surface area contributed by atoms with Crippen molar-refractivity contribution in [3.63, 3.8) is 0 Å². The van der Waals surface area contributed by atoms with Gasteiger partial charge in [0.05, 0.1) is 5.75 Å². The lowest BCUT2D eigenvalue weighted by atomic mass is 10.2. The van der Waals surface area contributed by atoms with Gasteiger partial charge in [-0.05, 0) is 45.8 Å². The molecule has 7 heteroatoms. The van der Waals surface area contributed by atoms with Crippen LogP contribution in [-0.2, 0) is 10.5 Å². The van der Waals surface area contributed by atoms with Gasteiger partial charge in [-0.3, -0.25) is 4.79 Å². The molecule has 0 aliphatic rings. The summed E-state index contributed by atoms with van der Waals surface area (Å²) in [6.45, 7) is 0. The first kappa shape index (κ1) is 16.6. The van der Waals surface area contributed by atoms with Gasteiger partial charge in [-0.25, -0.2) is 4.98 Å². The number of aromatic nitrogens is 1. The third kappa shape index (κ3) is 5.51. The van der Waals surface area contributed by atoms with E-state index in [2.05, 4.69) is 26.2 Å². The number of anilines is 1. The molecule has 21 heavy (non-hydrogen) atoms. The van der Waals surface area contributed by atoms with Crippen LogP contribution in [0.4, 0.5) is 5.82 Å². The summed E-state index contributed by atoms with van der Waals surface area (Å²) in [5.41, 5.74) is 0.959. The van der Waals surface area contributed by atoms with Crippen molar-refractivity contribution in [2.75, 3.05) is 11.1 Å². The smallest absolute Gasteiger partial charge is 0.235 e. The Labute approximate surface area is 145 Å². The molecule has 1 aromatic heterocycles. The fourth-order valence-corrected chi connectivity index (χ4v) is 3.14. The number of hydrogen-bond acceptors (Lipinski definition) is 3. The zero-order chi connectivity index (χ0) is 15.2. The molecular formula is C14H11BrCl2N2OS. The average molecular weight is 406 g/mol. The number of nitrogens with zero attached hydrogens (tertiary/aromatic N) is 1. The minimum Gasteiger partial charge on any atom is -0.310 e. The molecule has 0 unspecified atom stereocenters. The second-order valence-electron chi connectivity index (χ2n) is 4.14. The first-order chi connectivity index (χ1) is 10.0. The second kappa shape index (κ2) is 8.03. The molecule has 0 fully saturated rings. The number of halogens is 3. The standard InChI is InChI=1S/C14H11BrCl2N2OS/c15-10-2-4-13(18-6-10)19-14(20)8-21-7-9-1-3-11(16)5-12(9)17/h1-6H,7-8H2,(H,18,19,20). The molecule has 0 bridgehead atoms. The Hall–Kier alpha value is -0.750. The Morgan fingerprint density at radius 1 is 1.29 bits per heavy atom. The Bertz CT molecular complexity index is 637. The van der Waals surface area contributed by atoms with Gasteiger partial charge >= 0.3 is 0 Å². The topological polar surface area (TPSA) is 42.0 Å². The van der Waals surface area contributed by atoms with Crippen LogP contribution in [0.15, 0.2) is 41.0 Å². The predicted octanol–water partition coefficient (Wildman–Crippen LogP) is 5.02. The largest absolute Gasteiger partial charge is 0.310 e. The summed E-state index contributed by atoms with van der Waals surface area (Å²) in [6.07, 6.45) is 1.64. The van der Waals surface area contributed by atoms with Crippen molar-refractivity contribution < 1.29 is 4.79 Å². The molecule has 2 rings (SSSR count). The highest BCUT2D eigenvalue weighted by Gasteiger charge is 2.06. The summed E-state index contributed by atoms with van der Waals surface area (Å²) in [6, 6.07) is 8.91. The summed E-state index contributed by atoms with van der Waals surface area (Å²) < 4.78 is 0.868. The predicted molar refractivity (Wildman–Crippen MR) is 93.2 cm³/mol. The van der Waals surface area contributed by atoms with Gasteiger partial charge < -0.3 is 5.32 Å². The maximum absolute atomic E-state index is 11.8. The maximum Gasteiger partial charge on any atom is 0.235 e. The molecule has 1 N–H and O–H groups in total. The molecule has 1 amide bonds. The minimum atomic E-state index is -0.0973. The minimum absolute atomic E-state index is 0.0973. The van der Waals surface area contributed by atoms with Gasteiger partial charge in [-0.2, -0.15) is 0 Å². The summed E-state index contributed by atoms with van der Waals surface area (Å²) in [7, 11) is 0. The van der Waals surface area contributed by atoms with Crippen LogP contribution in [-0.4, -0.2) is 16.6 Å². The van der Waals surface area contributed by atoms with E-state index in [0.717, 1.165) is 10.0 Å². The number of nitrogens with one attached hydrogen (secondary N) is 1. The van der Waals surface area contributed by atoms with Crippen LogP contribution in [0.2, 0.25) is 10.0 Å². The van der Waals surface area contributed by atoms with Crippen LogP contribution in [0.1, 0.15) is 5.56 Å². The number of thioether (sulfide) groups is 1. The number of carbonyl (C=O) groups is 1. The zero-order valence-electron chi connectivity index (χ0n) is 10.8. The molecule has 3 nitrogen and oxygen atoms in total. The quantitative estimate of drug-likeness (QED) is 0.758. The molecule has 0 aliphatic carbocycles.